The Balaban J connectivity index is 1.45. The van der Waals surface area contributed by atoms with Gasteiger partial charge in [0.05, 0.1) is 5.69 Å². The fourth-order valence-electron chi connectivity index (χ4n) is 6.02. The zero-order valence-corrected chi connectivity index (χ0v) is 22.3. The van der Waals surface area contributed by atoms with E-state index in [0.29, 0.717) is 0 Å². The first-order valence-corrected chi connectivity index (χ1v) is 13.9. The standard InChI is InChI=1S/C38H25N3/c1-3-12-26(13-4-1)27-21-23-28(24-22-27)35-30-16-7-9-18-32(30)36(33-19-10-8-17-31(33)35)41-37(29-14-5-2-6-15-29)40-34-20-11-25-39-38(34)41/h1-25H. The minimum Gasteiger partial charge on any atom is -0.275 e. The quantitative estimate of drug-likeness (QED) is 0.215. The minimum absolute atomic E-state index is 0.849. The van der Waals surface area contributed by atoms with Crippen LogP contribution in [0.25, 0.3) is 72.0 Å². The molecule has 192 valence electrons. The van der Waals surface area contributed by atoms with Crippen molar-refractivity contribution in [3.8, 4) is 39.3 Å². The van der Waals surface area contributed by atoms with Crippen LogP contribution in [0.1, 0.15) is 0 Å². The summed E-state index contributed by atoms with van der Waals surface area (Å²) in [5.74, 6) is 0.884. The van der Waals surface area contributed by atoms with Gasteiger partial charge in [0.15, 0.2) is 5.65 Å². The van der Waals surface area contributed by atoms with Crippen molar-refractivity contribution in [2.24, 2.45) is 0 Å². The van der Waals surface area contributed by atoms with Crippen LogP contribution >= 0.6 is 0 Å². The van der Waals surface area contributed by atoms with Crippen LogP contribution in [-0.2, 0) is 0 Å². The molecule has 0 atom stereocenters. The predicted octanol–water partition coefficient (Wildman–Crippen LogP) is 9.73. The van der Waals surface area contributed by atoms with E-state index in [0.717, 1.165) is 39.0 Å². The predicted molar refractivity (Wildman–Crippen MR) is 170 cm³/mol. The van der Waals surface area contributed by atoms with E-state index in [1.165, 1.54) is 33.0 Å². The van der Waals surface area contributed by atoms with Crippen molar-refractivity contribution in [2.45, 2.75) is 0 Å². The Morgan fingerprint density at radius 1 is 0.415 bits per heavy atom. The number of rotatable bonds is 4. The lowest BCUT2D eigenvalue weighted by atomic mass is 9.89. The van der Waals surface area contributed by atoms with Gasteiger partial charge in [-0.1, -0.05) is 133 Å². The van der Waals surface area contributed by atoms with Gasteiger partial charge in [0.2, 0.25) is 0 Å². The molecule has 2 heterocycles. The molecule has 8 rings (SSSR count). The first-order chi connectivity index (χ1) is 20.4. The average Bonchev–Trinajstić information content (AvgIpc) is 3.44. The highest BCUT2D eigenvalue weighted by Crippen LogP contribution is 2.43. The van der Waals surface area contributed by atoms with Crippen molar-refractivity contribution >= 4 is 32.7 Å². The molecule has 0 fully saturated rings. The third-order valence-electron chi connectivity index (χ3n) is 7.86. The molecule has 0 aliphatic rings. The Morgan fingerprint density at radius 2 is 0.927 bits per heavy atom. The second-order valence-electron chi connectivity index (χ2n) is 10.2. The normalized spacial score (nSPS) is 11.4. The number of pyridine rings is 1. The second kappa shape index (κ2) is 9.58. The van der Waals surface area contributed by atoms with Gasteiger partial charge in [0.25, 0.3) is 0 Å². The summed E-state index contributed by atoms with van der Waals surface area (Å²) < 4.78 is 2.25. The topological polar surface area (TPSA) is 30.7 Å². The number of hydrogen-bond donors (Lipinski definition) is 0. The van der Waals surface area contributed by atoms with E-state index < -0.39 is 0 Å². The summed E-state index contributed by atoms with van der Waals surface area (Å²) in [5.41, 5.74) is 8.74. The van der Waals surface area contributed by atoms with Crippen molar-refractivity contribution in [1.82, 2.24) is 14.5 Å². The SMILES string of the molecule is c1ccc(-c2ccc(-c3c4ccccc4c(-n4c(-c5ccccc5)nc5cccnc54)c4ccccc34)cc2)cc1. The second-order valence-corrected chi connectivity index (χ2v) is 10.2. The molecular weight excluding hydrogens is 498 g/mol. The third kappa shape index (κ3) is 3.82. The summed E-state index contributed by atoms with van der Waals surface area (Å²) >= 11 is 0. The van der Waals surface area contributed by atoms with Crippen LogP contribution in [0.4, 0.5) is 0 Å². The monoisotopic (exact) mass is 523 g/mol. The van der Waals surface area contributed by atoms with E-state index in [9.17, 15) is 0 Å². The minimum atomic E-state index is 0.849. The largest absolute Gasteiger partial charge is 0.275 e. The first-order valence-electron chi connectivity index (χ1n) is 13.9. The smallest absolute Gasteiger partial charge is 0.164 e. The molecule has 2 aromatic heterocycles. The summed E-state index contributed by atoms with van der Waals surface area (Å²) in [7, 11) is 0. The number of fused-ring (bicyclic) bond motifs is 3. The number of nitrogens with zero attached hydrogens (tertiary/aromatic N) is 3. The molecule has 41 heavy (non-hydrogen) atoms. The van der Waals surface area contributed by atoms with Crippen LogP contribution < -0.4 is 0 Å². The van der Waals surface area contributed by atoms with Crippen molar-refractivity contribution in [3.63, 3.8) is 0 Å². The van der Waals surface area contributed by atoms with Crippen LogP contribution in [0.2, 0.25) is 0 Å². The maximum absolute atomic E-state index is 5.09. The molecule has 0 N–H and O–H groups in total. The first kappa shape index (κ1) is 23.4. The average molecular weight is 524 g/mol. The lowest BCUT2D eigenvalue weighted by Crippen LogP contribution is -2.02. The maximum Gasteiger partial charge on any atom is 0.164 e. The molecule has 0 spiro atoms. The molecular formula is C38H25N3. The van der Waals surface area contributed by atoms with E-state index in [1.807, 2.05) is 24.4 Å². The van der Waals surface area contributed by atoms with Gasteiger partial charge in [-0.2, -0.15) is 0 Å². The van der Waals surface area contributed by atoms with Gasteiger partial charge in [-0.25, -0.2) is 9.97 Å². The zero-order valence-electron chi connectivity index (χ0n) is 22.3. The molecule has 0 aliphatic carbocycles. The van der Waals surface area contributed by atoms with Gasteiger partial charge in [-0.05, 0) is 45.2 Å². The van der Waals surface area contributed by atoms with Gasteiger partial charge in [0.1, 0.15) is 11.3 Å². The van der Waals surface area contributed by atoms with Gasteiger partial charge in [0, 0.05) is 22.5 Å². The molecule has 6 aromatic carbocycles. The Morgan fingerprint density at radius 3 is 1.56 bits per heavy atom. The number of benzene rings is 6. The number of imidazole rings is 1. The third-order valence-corrected chi connectivity index (χ3v) is 7.86. The molecule has 0 amide bonds. The number of hydrogen-bond acceptors (Lipinski definition) is 2. The molecule has 0 unspecified atom stereocenters. The van der Waals surface area contributed by atoms with Crippen LogP contribution in [0, 0.1) is 0 Å². The van der Waals surface area contributed by atoms with Crippen LogP contribution in [0.5, 0.6) is 0 Å². The van der Waals surface area contributed by atoms with E-state index in [1.54, 1.807) is 0 Å². The Hall–Kier alpha value is -5.54. The van der Waals surface area contributed by atoms with Gasteiger partial charge in [-0.3, -0.25) is 4.57 Å². The van der Waals surface area contributed by atoms with Gasteiger partial charge < -0.3 is 0 Å². The van der Waals surface area contributed by atoms with Crippen LogP contribution in [0.3, 0.4) is 0 Å². The van der Waals surface area contributed by atoms with Crippen molar-refractivity contribution in [2.75, 3.05) is 0 Å². The highest BCUT2D eigenvalue weighted by molar-refractivity contribution is 6.18. The van der Waals surface area contributed by atoms with Crippen LogP contribution in [-0.4, -0.2) is 14.5 Å². The Bertz CT molecular complexity index is 2120. The molecule has 0 saturated heterocycles. The zero-order chi connectivity index (χ0) is 27.2. The van der Waals surface area contributed by atoms with E-state index in [4.69, 9.17) is 9.97 Å². The van der Waals surface area contributed by atoms with E-state index >= 15 is 0 Å². The van der Waals surface area contributed by atoms with Crippen molar-refractivity contribution < 1.29 is 0 Å². The summed E-state index contributed by atoms with van der Waals surface area (Å²) in [6, 6.07) is 51.3. The van der Waals surface area contributed by atoms with Crippen LogP contribution in [0.15, 0.2) is 152 Å². The molecule has 3 heteroatoms. The van der Waals surface area contributed by atoms with E-state index in [-0.39, 0.29) is 0 Å². The molecule has 8 aromatic rings. The highest BCUT2D eigenvalue weighted by atomic mass is 15.1. The summed E-state index contributed by atoms with van der Waals surface area (Å²) in [6.45, 7) is 0. The number of aromatic nitrogens is 3. The maximum atomic E-state index is 5.09. The summed E-state index contributed by atoms with van der Waals surface area (Å²) in [5, 5.41) is 4.72. The molecule has 3 nitrogen and oxygen atoms in total. The van der Waals surface area contributed by atoms with Crippen molar-refractivity contribution in [1.29, 1.82) is 0 Å². The molecule has 0 bridgehead atoms. The Kier molecular flexibility index (Phi) is 5.46. The fraction of sp³-hybridized carbons (Fsp3) is 0. The van der Waals surface area contributed by atoms with Crippen molar-refractivity contribution in [3.05, 3.63) is 152 Å². The van der Waals surface area contributed by atoms with Gasteiger partial charge in [-0.15, -0.1) is 0 Å². The fourth-order valence-corrected chi connectivity index (χ4v) is 6.02. The highest BCUT2D eigenvalue weighted by Gasteiger charge is 2.22. The molecule has 0 radical (unpaired) electrons. The Labute approximate surface area is 238 Å². The lowest BCUT2D eigenvalue weighted by molar-refractivity contribution is 1.10. The van der Waals surface area contributed by atoms with Gasteiger partial charge >= 0.3 is 0 Å². The molecule has 0 saturated carbocycles. The van der Waals surface area contributed by atoms with E-state index in [2.05, 4.69) is 132 Å². The summed E-state index contributed by atoms with van der Waals surface area (Å²) in [4.78, 5) is 9.93. The summed E-state index contributed by atoms with van der Waals surface area (Å²) in [6.07, 6.45) is 1.85. The lowest BCUT2D eigenvalue weighted by Gasteiger charge is -2.19. The molecule has 0 aliphatic heterocycles.